The molecule has 0 N–H and O–H groups in total. The van der Waals surface area contributed by atoms with Gasteiger partial charge in [-0.2, -0.15) is 0 Å². The van der Waals surface area contributed by atoms with Crippen molar-refractivity contribution in [2.24, 2.45) is 0 Å². The molecule has 1 nitrogen and oxygen atoms in total. The lowest BCUT2D eigenvalue weighted by atomic mass is 10.1. The number of benzene rings is 1. The first-order valence-electron chi connectivity index (χ1n) is 4.71. The Morgan fingerprint density at radius 1 is 1.40 bits per heavy atom. The molecule has 0 spiro atoms. The summed E-state index contributed by atoms with van der Waals surface area (Å²) >= 11 is 5.95. The fourth-order valence-corrected chi connectivity index (χ4v) is 1.55. The van der Waals surface area contributed by atoms with Gasteiger partial charge in [0, 0.05) is 19.1 Å². The number of alkyl halides is 1. The second-order valence-corrected chi connectivity index (χ2v) is 3.91. The van der Waals surface area contributed by atoms with Crippen LogP contribution >= 0.6 is 11.6 Å². The van der Waals surface area contributed by atoms with E-state index in [4.69, 9.17) is 16.3 Å². The van der Waals surface area contributed by atoms with E-state index in [0.717, 1.165) is 6.07 Å². The summed E-state index contributed by atoms with van der Waals surface area (Å²) in [6, 6.07) is 4.12. The zero-order chi connectivity index (χ0) is 11.3. The van der Waals surface area contributed by atoms with Crippen LogP contribution in [0.25, 0.3) is 0 Å². The Morgan fingerprint density at radius 2 is 2.13 bits per heavy atom. The summed E-state index contributed by atoms with van der Waals surface area (Å²) in [6.45, 7) is 0.519. The molecule has 15 heavy (non-hydrogen) atoms. The van der Waals surface area contributed by atoms with E-state index in [2.05, 4.69) is 0 Å². The number of hydrogen-bond acceptors (Lipinski definition) is 1. The molecule has 0 bridgehead atoms. The van der Waals surface area contributed by atoms with Gasteiger partial charge in [-0.3, -0.25) is 0 Å². The van der Waals surface area contributed by atoms with E-state index >= 15 is 0 Å². The lowest BCUT2D eigenvalue weighted by Crippen LogP contribution is -2.08. The second-order valence-electron chi connectivity index (χ2n) is 3.30. The maximum absolute atomic E-state index is 13.2. The van der Waals surface area contributed by atoms with Gasteiger partial charge in [0.25, 0.3) is 0 Å². The van der Waals surface area contributed by atoms with Gasteiger partial charge in [0.15, 0.2) is 11.6 Å². The Labute approximate surface area is 93.0 Å². The standard InChI is InChI=1S/C11H13ClF2O/c1-15-6-5-9(12)7-8-3-2-4-10(13)11(8)14/h2-4,9H,5-7H2,1H3. The molecular formula is C11H13ClF2O. The average Bonchev–Trinajstić information content (AvgIpc) is 2.22. The molecule has 1 rings (SSSR count). The van der Waals surface area contributed by atoms with Crippen molar-refractivity contribution in [2.75, 3.05) is 13.7 Å². The second kappa shape index (κ2) is 6.03. The topological polar surface area (TPSA) is 9.23 Å². The van der Waals surface area contributed by atoms with Gasteiger partial charge >= 0.3 is 0 Å². The molecule has 0 saturated carbocycles. The Morgan fingerprint density at radius 3 is 2.80 bits per heavy atom. The van der Waals surface area contributed by atoms with Gasteiger partial charge < -0.3 is 4.74 Å². The first kappa shape index (κ1) is 12.4. The first-order chi connectivity index (χ1) is 7.15. The summed E-state index contributed by atoms with van der Waals surface area (Å²) < 4.78 is 30.9. The molecule has 0 saturated heterocycles. The quantitative estimate of drug-likeness (QED) is 0.712. The van der Waals surface area contributed by atoms with Crippen LogP contribution in [0, 0.1) is 11.6 Å². The lowest BCUT2D eigenvalue weighted by molar-refractivity contribution is 0.193. The molecule has 1 aromatic rings. The van der Waals surface area contributed by atoms with Crippen LogP contribution in [0.2, 0.25) is 0 Å². The molecule has 0 heterocycles. The monoisotopic (exact) mass is 234 g/mol. The van der Waals surface area contributed by atoms with Crippen molar-refractivity contribution in [3.05, 3.63) is 35.4 Å². The predicted molar refractivity (Wildman–Crippen MR) is 56.2 cm³/mol. The van der Waals surface area contributed by atoms with Crippen molar-refractivity contribution in [3.8, 4) is 0 Å². The number of ether oxygens (including phenoxy) is 1. The molecule has 0 aliphatic heterocycles. The van der Waals surface area contributed by atoms with Gasteiger partial charge in [-0.05, 0) is 24.5 Å². The fraction of sp³-hybridized carbons (Fsp3) is 0.455. The van der Waals surface area contributed by atoms with E-state index < -0.39 is 11.6 Å². The Kier molecular flexibility index (Phi) is 4.99. The van der Waals surface area contributed by atoms with Gasteiger partial charge in [0.2, 0.25) is 0 Å². The third-order valence-corrected chi connectivity index (χ3v) is 2.48. The third-order valence-electron chi connectivity index (χ3n) is 2.11. The summed E-state index contributed by atoms with van der Waals surface area (Å²) in [7, 11) is 1.58. The molecule has 0 aliphatic carbocycles. The highest BCUT2D eigenvalue weighted by molar-refractivity contribution is 6.20. The van der Waals surface area contributed by atoms with Crippen LogP contribution in [-0.2, 0) is 11.2 Å². The largest absolute Gasteiger partial charge is 0.385 e. The van der Waals surface area contributed by atoms with Crippen LogP contribution < -0.4 is 0 Å². The first-order valence-corrected chi connectivity index (χ1v) is 5.14. The molecule has 0 fully saturated rings. The fourth-order valence-electron chi connectivity index (χ4n) is 1.29. The summed E-state index contributed by atoms with van der Waals surface area (Å²) in [4.78, 5) is 0. The van der Waals surface area contributed by atoms with Crippen LogP contribution in [0.3, 0.4) is 0 Å². The highest BCUT2D eigenvalue weighted by Crippen LogP contribution is 2.16. The molecule has 0 amide bonds. The number of halogens is 3. The van der Waals surface area contributed by atoms with Crippen molar-refractivity contribution in [1.82, 2.24) is 0 Å². The SMILES string of the molecule is COCCC(Cl)Cc1cccc(F)c1F. The highest BCUT2D eigenvalue weighted by atomic mass is 35.5. The van der Waals surface area contributed by atoms with Gasteiger partial charge in [-0.1, -0.05) is 12.1 Å². The zero-order valence-electron chi connectivity index (χ0n) is 8.47. The maximum atomic E-state index is 13.2. The van der Waals surface area contributed by atoms with Crippen LogP contribution in [0.4, 0.5) is 8.78 Å². The zero-order valence-corrected chi connectivity index (χ0v) is 9.23. The number of hydrogen-bond donors (Lipinski definition) is 0. The van der Waals surface area contributed by atoms with Crippen molar-refractivity contribution in [3.63, 3.8) is 0 Å². The molecule has 1 atom stereocenters. The van der Waals surface area contributed by atoms with E-state index in [1.165, 1.54) is 6.07 Å². The molecule has 84 valence electrons. The lowest BCUT2D eigenvalue weighted by Gasteiger charge is -2.09. The number of rotatable bonds is 5. The molecule has 0 aliphatic rings. The summed E-state index contributed by atoms with van der Waals surface area (Å²) in [5.74, 6) is -1.64. The van der Waals surface area contributed by atoms with Crippen molar-refractivity contribution < 1.29 is 13.5 Å². The van der Waals surface area contributed by atoms with E-state index in [0.29, 0.717) is 25.0 Å². The van der Waals surface area contributed by atoms with E-state index in [1.807, 2.05) is 0 Å². The minimum Gasteiger partial charge on any atom is -0.385 e. The molecule has 1 aromatic carbocycles. The van der Waals surface area contributed by atoms with Crippen LogP contribution in [0.1, 0.15) is 12.0 Å². The third kappa shape index (κ3) is 3.76. The van der Waals surface area contributed by atoms with E-state index in [1.54, 1.807) is 13.2 Å². The van der Waals surface area contributed by atoms with Crippen molar-refractivity contribution in [1.29, 1.82) is 0 Å². The smallest absolute Gasteiger partial charge is 0.162 e. The Hall–Kier alpha value is -0.670. The molecular weight excluding hydrogens is 222 g/mol. The maximum Gasteiger partial charge on any atom is 0.162 e. The molecule has 0 radical (unpaired) electrons. The summed E-state index contributed by atoms with van der Waals surface area (Å²) in [5, 5.41) is -0.235. The van der Waals surface area contributed by atoms with Crippen LogP contribution in [-0.4, -0.2) is 19.1 Å². The highest BCUT2D eigenvalue weighted by Gasteiger charge is 2.12. The van der Waals surface area contributed by atoms with Gasteiger partial charge in [-0.25, -0.2) is 8.78 Å². The van der Waals surface area contributed by atoms with Gasteiger partial charge in [-0.15, -0.1) is 11.6 Å². The van der Waals surface area contributed by atoms with Crippen LogP contribution in [0.15, 0.2) is 18.2 Å². The van der Waals surface area contributed by atoms with Crippen molar-refractivity contribution in [2.45, 2.75) is 18.2 Å². The number of methoxy groups -OCH3 is 1. The molecule has 1 unspecified atom stereocenters. The van der Waals surface area contributed by atoms with Gasteiger partial charge in [0.1, 0.15) is 0 Å². The van der Waals surface area contributed by atoms with Gasteiger partial charge in [0.05, 0.1) is 0 Å². The average molecular weight is 235 g/mol. The molecule has 0 aromatic heterocycles. The minimum absolute atomic E-state index is 0.235. The predicted octanol–water partition coefficient (Wildman–Crippen LogP) is 3.15. The van der Waals surface area contributed by atoms with Crippen molar-refractivity contribution >= 4 is 11.6 Å². The minimum atomic E-state index is -0.830. The summed E-state index contributed by atoms with van der Waals surface area (Å²) in [5.41, 5.74) is 0.311. The van der Waals surface area contributed by atoms with Crippen LogP contribution in [0.5, 0.6) is 0 Å². The Bertz CT molecular complexity index is 317. The van der Waals surface area contributed by atoms with E-state index in [-0.39, 0.29) is 5.38 Å². The van der Waals surface area contributed by atoms with E-state index in [9.17, 15) is 8.78 Å². The normalized spacial score (nSPS) is 12.8. The summed E-state index contributed by atoms with van der Waals surface area (Å²) in [6.07, 6.45) is 0.933. The Balaban J connectivity index is 2.60. The molecule has 4 heteroatoms.